The first kappa shape index (κ1) is 29.8. The van der Waals surface area contributed by atoms with Crippen LogP contribution in [0.3, 0.4) is 0 Å². The van der Waals surface area contributed by atoms with Gasteiger partial charge in [-0.1, -0.05) is 72.8 Å². The highest BCUT2D eigenvalue weighted by Gasteiger charge is 2.55. The van der Waals surface area contributed by atoms with Gasteiger partial charge in [-0.2, -0.15) is 0 Å². The van der Waals surface area contributed by atoms with Crippen molar-refractivity contribution >= 4 is 5.57 Å². The highest BCUT2D eigenvalue weighted by molar-refractivity contribution is 5.76. The Hall–Kier alpha value is -4.30. The van der Waals surface area contributed by atoms with Gasteiger partial charge < -0.3 is 24.6 Å². The van der Waals surface area contributed by atoms with E-state index in [9.17, 15) is 5.11 Å². The van der Waals surface area contributed by atoms with Crippen LogP contribution in [-0.2, 0) is 23.6 Å². The van der Waals surface area contributed by atoms with Gasteiger partial charge in [0.2, 0.25) is 11.8 Å². The van der Waals surface area contributed by atoms with E-state index >= 15 is 0 Å². The summed E-state index contributed by atoms with van der Waals surface area (Å²) in [5.74, 6) is 0.744. The molecule has 2 atom stereocenters. The van der Waals surface area contributed by atoms with E-state index < -0.39 is 11.0 Å². The molecule has 0 saturated carbocycles. The SMILES string of the molecule is COC1(c2cccnc2OCc2ccccc2)C=CC=C(c2cccnc2OCc2ccccc2)C1C1(CO)CCNCC1. The van der Waals surface area contributed by atoms with E-state index in [1.807, 2.05) is 91.0 Å². The van der Waals surface area contributed by atoms with Crippen LogP contribution in [0.5, 0.6) is 11.8 Å². The molecule has 2 aliphatic rings. The topological polar surface area (TPSA) is 85.7 Å². The minimum Gasteiger partial charge on any atom is -0.473 e. The highest BCUT2D eigenvalue weighted by Crippen LogP contribution is 2.58. The summed E-state index contributed by atoms with van der Waals surface area (Å²) in [5, 5.41) is 14.7. The van der Waals surface area contributed by atoms with Crippen LogP contribution >= 0.6 is 0 Å². The Labute approximate surface area is 259 Å². The van der Waals surface area contributed by atoms with Gasteiger partial charge in [-0.25, -0.2) is 9.97 Å². The molecule has 44 heavy (non-hydrogen) atoms. The van der Waals surface area contributed by atoms with Crippen LogP contribution in [0.15, 0.2) is 116 Å². The summed E-state index contributed by atoms with van der Waals surface area (Å²) in [5.41, 5.74) is 3.30. The smallest absolute Gasteiger partial charge is 0.221 e. The normalized spacial score (nSPS) is 21.0. The zero-order valence-corrected chi connectivity index (χ0v) is 25.1. The van der Waals surface area contributed by atoms with Crippen LogP contribution in [0.1, 0.15) is 35.1 Å². The summed E-state index contributed by atoms with van der Waals surface area (Å²) < 4.78 is 19.4. The van der Waals surface area contributed by atoms with E-state index in [4.69, 9.17) is 19.2 Å². The predicted molar refractivity (Wildman–Crippen MR) is 171 cm³/mol. The first-order valence-electron chi connectivity index (χ1n) is 15.2. The van der Waals surface area contributed by atoms with Crippen molar-refractivity contribution in [2.45, 2.75) is 31.7 Å². The predicted octanol–water partition coefficient (Wildman–Crippen LogP) is 6.11. The number of aromatic nitrogens is 2. The lowest BCUT2D eigenvalue weighted by atomic mass is 9.56. The van der Waals surface area contributed by atoms with Crippen LogP contribution < -0.4 is 14.8 Å². The molecular weight excluding hydrogens is 550 g/mol. The average molecular weight is 590 g/mol. The third-order valence-electron chi connectivity index (χ3n) is 8.93. The first-order valence-corrected chi connectivity index (χ1v) is 15.2. The zero-order valence-electron chi connectivity index (χ0n) is 25.1. The molecule has 7 heteroatoms. The lowest BCUT2D eigenvalue weighted by molar-refractivity contribution is -0.0808. The maximum atomic E-state index is 11.2. The fourth-order valence-electron chi connectivity index (χ4n) is 6.73. The standard InChI is InChI=1S/C37H39N3O4/c1-42-37(32-17-10-22-40-35(32)44-26-29-13-6-3-7-14-29)18-8-15-30(33(37)36(27-41)19-23-38-24-20-36)31-16-9-21-39-34(31)43-25-28-11-4-2-5-12-28/h2-18,21-22,33,38,41H,19-20,23-27H2,1H3. The van der Waals surface area contributed by atoms with Crippen molar-refractivity contribution in [2.24, 2.45) is 11.3 Å². The Morgan fingerprint density at radius 3 is 2.05 bits per heavy atom. The molecule has 2 aromatic heterocycles. The molecule has 2 N–H and O–H groups in total. The number of ether oxygens (including phenoxy) is 3. The number of benzene rings is 2. The van der Waals surface area contributed by atoms with Crippen LogP contribution in [0.2, 0.25) is 0 Å². The van der Waals surface area contributed by atoms with Crippen LogP contribution in [0.4, 0.5) is 0 Å². The van der Waals surface area contributed by atoms with Gasteiger partial charge in [0, 0.05) is 43.0 Å². The van der Waals surface area contributed by atoms with Crippen LogP contribution in [-0.4, -0.2) is 41.9 Å². The number of allylic oxidation sites excluding steroid dienone is 2. The van der Waals surface area contributed by atoms with Crippen molar-refractivity contribution < 1.29 is 19.3 Å². The number of aliphatic hydroxyl groups excluding tert-OH is 1. The lowest BCUT2D eigenvalue weighted by Crippen LogP contribution is -2.53. The quantitative estimate of drug-likeness (QED) is 0.218. The number of hydrogen-bond acceptors (Lipinski definition) is 7. The number of aliphatic hydroxyl groups is 1. The first-order chi connectivity index (χ1) is 21.7. The Morgan fingerprint density at radius 1 is 0.795 bits per heavy atom. The number of nitrogens with one attached hydrogen (secondary N) is 1. The number of pyridine rings is 2. The largest absolute Gasteiger partial charge is 0.473 e. The van der Waals surface area contributed by atoms with E-state index in [1.54, 1.807) is 19.5 Å². The Morgan fingerprint density at radius 2 is 1.41 bits per heavy atom. The van der Waals surface area contributed by atoms with Crippen molar-refractivity contribution in [3.63, 3.8) is 0 Å². The fourth-order valence-corrected chi connectivity index (χ4v) is 6.73. The average Bonchev–Trinajstić information content (AvgIpc) is 3.11. The molecule has 1 fully saturated rings. The van der Waals surface area contributed by atoms with E-state index in [1.165, 1.54) is 0 Å². The number of rotatable bonds is 11. The molecule has 1 saturated heterocycles. The second-order valence-corrected chi connectivity index (χ2v) is 11.4. The number of methoxy groups -OCH3 is 1. The molecule has 226 valence electrons. The minimum atomic E-state index is -0.989. The second kappa shape index (κ2) is 13.6. The van der Waals surface area contributed by atoms with Gasteiger partial charge in [0.25, 0.3) is 0 Å². The summed E-state index contributed by atoms with van der Waals surface area (Å²) in [6.07, 6.45) is 11.3. The Balaban J connectivity index is 1.45. The van der Waals surface area contributed by atoms with Gasteiger partial charge in [0.15, 0.2) is 0 Å². The van der Waals surface area contributed by atoms with Crippen molar-refractivity contribution in [3.05, 3.63) is 138 Å². The van der Waals surface area contributed by atoms with Crippen molar-refractivity contribution in [1.82, 2.24) is 15.3 Å². The lowest BCUT2D eigenvalue weighted by Gasteiger charge is -2.52. The molecule has 4 aromatic rings. The maximum absolute atomic E-state index is 11.2. The van der Waals surface area contributed by atoms with Crippen molar-refractivity contribution in [2.75, 3.05) is 26.8 Å². The molecular formula is C37H39N3O4. The summed E-state index contributed by atoms with van der Waals surface area (Å²) >= 11 is 0. The van der Waals surface area contributed by atoms with E-state index in [2.05, 4.69) is 22.5 Å². The summed E-state index contributed by atoms with van der Waals surface area (Å²) in [6, 6.07) is 28.1. The number of nitrogens with zero attached hydrogens (tertiary/aromatic N) is 2. The monoisotopic (exact) mass is 589 g/mol. The summed E-state index contributed by atoms with van der Waals surface area (Å²) in [6.45, 7) is 2.35. The van der Waals surface area contributed by atoms with Crippen molar-refractivity contribution in [3.8, 4) is 11.8 Å². The second-order valence-electron chi connectivity index (χ2n) is 11.4. The molecule has 2 unspecified atom stereocenters. The van der Waals surface area contributed by atoms with E-state index in [0.717, 1.165) is 53.8 Å². The third kappa shape index (κ3) is 5.91. The summed E-state index contributed by atoms with van der Waals surface area (Å²) in [7, 11) is 1.73. The minimum absolute atomic E-state index is 0.00340. The molecule has 7 nitrogen and oxygen atoms in total. The van der Waals surface area contributed by atoms with E-state index in [0.29, 0.717) is 25.0 Å². The van der Waals surface area contributed by atoms with Crippen LogP contribution in [0.25, 0.3) is 5.57 Å². The zero-order chi connectivity index (χ0) is 30.2. The van der Waals surface area contributed by atoms with Crippen LogP contribution in [0, 0.1) is 11.3 Å². The van der Waals surface area contributed by atoms with Gasteiger partial charge in [-0.15, -0.1) is 0 Å². The van der Waals surface area contributed by atoms with E-state index in [-0.39, 0.29) is 12.5 Å². The molecule has 3 heterocycles. The number of piperidine rings is 1. The fraction of sp³-hybridized carbons (Fsp3) is 0.297. The number of hydrogen-bond donors (Lipinski definition) is 2. The summed E-state index contributed by atoms with van der Waals surface area (Å²) in [4.78, 5) is 9.39. The molecule has 1 aliphatic heterocycles. The Kier molecular flexibility index (Phi) is 9.17. The molecule has 0 bridgehead atoms. The Bertz CT molecular complexity index is 1580. The third-order valence-corrected chi connectivity index (χ3v) is 8.93. The molecule has 0 spiro atoms. The van der Waals surface area contributed by atoms with Gasteiger partial charge in [-0.05, 0) is 73.0 Å². The molecule has 6 rings (SSSR count). The van der Waals surface area contributed by atoms with Crippen molar-refractivity contribution in [1.29, 1.82) is 0 Å². The maximum Gasteiger partial charge on any atom is 0.221 e. The van der Waals surface area contributed by atoms with Gasteiger partial charge in [0.1, 0.15) is 18.8 Å². The van der Waals surface area contributed by atoms with Gasteiger partial charge in [-0.3, -0.25) is 0 Å². The molecule has 1 aliphatic carbocycles. The van der Waals surface area contributed by atoms with Gasteiger partial charge >= 0.3 is 0 Å². The highest BCUT2D eigenvalue weighted by atomic mass is 16.5. The molecule has 2 aromatic carbocycles. The van der Waals surface area contributed by atoms with Gasteiger partial charge in [0.05, 0.1) is 5.56 Å². The molecule has 0 radical (unpaired) electrons. The molecule has 0 amide bonds.